The average Bonchev–Trinajstić information content (AvgIpc) is 2.43. The van der Waals surface area contributed by atoms with Gasteiger partial charge in [0.2, 0.25) is 0 Å². The minimum atomic E-state index is -0.898. The fraction of sp³-hybridized carbons (Fsp3) is 0.647. The molecular weight excluding hydrogens is 304 g/mol. The first-order chi connectivity index (χ1) is 9.98. The summed E-state index contributed by atoms with van der Waals surface area (Å²) in [4.78, 5) is 0.883. The maximum absolute atomic E-state index is 12.2. The van der Waals surface area contributed by atoms with E-state index in [1.807, 2.05) is 38.1 Å². The molecule has 4 heteroatoms. The molecule has 0 aliphatic heterocycles. The van der Waals surface area contributed by atoms with Crippen molar-refractivity contribution < 1.29 is 8.95 Å². The molecule has 0 radical (unpaired) electrons. The summed E-state index contributed by atoms with van der Waals surface area (Å²) in [5.41, 5.74) is -0.275. The van der Waals surface area contributed by atoms with Gasteiger partial charge in [-0.25, -0.2) is 0 Å². The van der Waals surface area contributed by atoms with Gasteiger partial charge < -0.3 is 4.74 Å². The molecule has 0 fully saturated rings. The summed E-state index contributed by atoms with van der Waals surface area (Å²) in [6, 6.07) is 7.61. The van der Waals surface area contributed by atoms with Gasteiger partial charge in [0.25, 0.3) is 0 Å². The standard InChI is InChI=1S/C17H27ClO2S/c1-4-5-6-7-14-21(19)16-10-8-15(9-11-16)20-17(2,3)12-13-18/h8-11H,4-7,12-14H2,1-3H3. The topological polar surface area (TPSA) is 26.3 Å². The van der Waals surface area contributed by atoms with Crippen molar-refractivity contribution in [2.45, 2.75) is 63.4 Å². The molecule has 120 valence electrons. The predicted molar refractivity (Wildman–Crippen MR) is 91.9 cm³/mol. The van der Waals surface area contributed by atoms with Crippen LogP contribution in [-0.2, 0) is 10.8 Å². The lowest BCUT2D eigenvalue weighted by molar-refractivity contribution is 0.106. The number of hydrogen-bond donors (Lipinski definition) is 0. The average molecular weight is 331 g/mol. The third-order valence-corrected chi connectivity index (χ3v) is 5.01. The third-order valence-electron chi connectivity index (χ3n) is 3.36. The van der Waals surface area contributed by atoms with Gasteiger partial charge in [-0.05, 0) is 44.5 Å². The van der Waals surface area contributed by atoms with Gasteiger partial charge in [-0.1, -0.05) is 26.2 Å². The van der Waals surface area contributed by atoms with Gasteiger partial charge in [0.05, 0.1) is 10.8 Å². The molecule has 0 amide bonds. The van der Waals surface area contributed by atoms with E-state index in [1.54, 1.807) is 0 Å². The van der Waals surface area contributed by atoms with E-state index in [-0.39, 0.29) is 5.60 Å². The molecule has 0 heterocycles. The van der Waals surface area contributed by atoms with E-state index < -0.39 is 10.8 Å². The molecule has 0 aromatic heterocycles. The van der Waals surface area contributed by atoms with Gasteiger partial charge in [-0.3, -0.25) is 4.21 Å². The summed E-state index contributed by atoms with van der Waals surface area (Å²) >= 11 is 5.77. The van der Waals surface area contributed by atoms with E-state index in [4.69, 9.17) is 16.3 Å². The van der Waals surface area contributed by atoms with Crippen LogP contribution >= 0.6 is 11.6 Å². The highest BCUT2D eigenvalue weighted by atomic mass is 35.5. The first-order valence-corrected chi connectivity index (χ1v) is 9.57. The number of halogens is 1. The number of alkyl halides is 1. The van der Waals surface area contributed by atoms with Gasteiger partial charge in [-0.15, -0.1) is 11.6 Å². The van der Waals surface area contributed by atoms with Gasteiger partial charge >= 0.3 is 0 Å². The van der Waals surface area contributed by atoms with Crippen molar-refractivity contribution in [1.82, 2.24) is 0 Å². The van der Waals surface area contributed by atoms with E-state index in [9.17, 15) is 4.21 Å². The Labute approximate surface area is 136 Å². The van der Waals surface area contributed by atoms with Crippen LogP contribution < -0.4 is 4.74 Å². The van der Waals surface area contributed by atoms with E-state index in [0.717, 1.165) is 35.7 Å². The predicted octanol–water partition coefficient (Wildman–Crippen LogP) is 5.16. The summed E-state index contributed by atoms with van der Waals surface area (Å²) in [5, 5.41) is 0. The van der Waals surface area contributed by atoms with Crippen LogP contribution in [0.3, 0.4) is 0 Å². The highest BCUT2D eigenvalue weighted by Crippen LogP contribution is 2.23. The monoisotopic (exact) mass is 330 g/mol. The Kier molecular flexibility index (Phi) is 8.35. The van der Waals surface area contributed by atoms with Crippen molar-refractivity contribution >= 4 is 22.4 Å². The molecule has 0 aliphatic carbocycles. The van der Waals surface area contributed by atoms with Crippen molar-refractivity contribution in [2.75, 3.05) is 11.6 Å². The molecule has 2 nitrogen and oxygen atoms in total. The van der Waals surface area contributed by atoms with Gasteiger partial charge in [-0.2, -0.15) is 0 Å². The largest absolute Gasteiger partial charge is 0.488 e. The van der Waals surface area contributed by atoms with Crippen LogP contribution in [0, 0.1) is 0 Å². The lowest BCUT2D eigenvalue weighted by Crippen LogP contribution is -2.28. The molecule has 0 bridgehead atoms. The summed E-state index contributed by atoms with van der Waals surface area (Å²) in [5.74, 6) is 2.13. The van der Waals surface area contributed by atoms with Crippen LogP contribution in [0.15, 0.2) is 29.2 Å². The maximum Gasteiger partial charge on any atom is 0.120 e. The van der Waals surface area contributed by atoms with E-state index >= 15 is 0 Å². The molecule has 1 rings (SSSR count). The minimum absolute atomic E-state index is 0.275. The fourth-order valence-electron chi connectivity index (χ4n) is 2.03. The number of ether oxygens (including phenoxy) is 1. The summed E-state index contributed by atoms with van der Waals surface area (Å²) in [6.07, 6.45) is 5.41. The molecule has 0 saturated carbocycles. The second-order valence-electron chi connectivity index (χ2n) is 5.88. The van der Waals surface area contributed by atoms with Crippen molar-refractivity contribution in [2.24, 2.45) is 0 Å². The van der Waals surface area contributed by atoms with Crippen LogP contribution in [-0.4, -0.2) is 21.4 Å². The second-order valence-corrected chi connectivity index (χ2v) is 7.83. The van der Waals surface area contributed by atoms with Gasteiger partial charge in [0, 0.05) is 22.9 Å². The highest BCUT2D eigenvalue weighted by Gasteiger charge is 2.18. The first kappa shape index (κ1) is 18.5. The summed E-state index contributed by atoms with van der Waals surface area (Å²) in [7, 11) is -0.898. The Bertz CT molecular complexity index is 429. The van der Waals surface area contributed by atoms with Gasteiger partial charge in [0.15, 0.2) is 0 Å². The number of unbranched alkanes of at least 4 members (excludes halogenated alkanes) is 3. The maximum atomic E-state index is 12.2. The van der Waals surface area contributed by atoms with E-state index in [1.165, 1.54) is 12.8 Å². The van der Waals surface area contributed by atoms with Crippen molar-refractivity contribution in [3.05, 3.63) is 24.3 Å². The van der Waals surface area contributed by atoms with Crippen LogP contribution in [0.4, 0.5) is 0 Å². The molecule has 1 aromatic carbocycles. The molecule has 1 unspecified atom stereocenters. The molecule has 1 aromatic rings. The smallest absolute Gasteiger partial charge is 0.120 e. The van der Waals surface area contributed by atoms with Gasteiger partial charge in [0.1, 0.15) is 11.4 Å². The zero-order valence-electron chi connectivity index (χ0n) is 13.4. The molecule has 0 spiro atoms. The Morgan fingerprint density at radius 2 is 1.81 bits per heavy atom. The molecule has 21 heavy (non-hydrogen) atoms. The Morgan fingerprint density at radius 3 is 2.38 bits per heavy atom. The van der Waals surface area contributed by atoms with Crippen LogP contribution in [0.5, 0.6) is 5.75 Å². The van der Waals surface area contributed by atoms with Crippen LogP contribution in [0.2, 0.25) is 0 Å². The lowest BCUT2D eigenvalue weighted by Gasteiger charge is -2.25. The third kappa shape index (κ3) is 7.32. The van der Waals surface area contributed by atoms with Crippen LogP contribution in [0.25, 0.3) is 0 Å². The number of hydrogen-bond acceptors (Lipinski definition) is 2. The summed E-state index contributed by atoms with van der Waals surface area (Å²) in [6.45, 7) is 6.23. The lowest BCUT2D eigenvalue weighted by atomic mass is 10.1. The second kappa shape index (κ2) is 9.47. The zero-order valence-corrected chi connectivity index (χ0v) is 14.9. The summed E-state index contributed by atoms with van der Waals surface area (Å²) < 4.78 is 18.1. The zero-order chi connectivity index (χ0) is 15.7. The molecule has 0 N–H and O–H groups in total. The number of rotatable bonds is 10. The van der Waals surface area contributed by atoms with Crippen molar-refractivity contribution in [3.63, 3.8) is 0 Å². The van der Waals surface area contributed by atoms with Crippen molar-refractivity contribution in [1.29, 1.82) is 0 Å². The normalized spacial score (nSPS) is 13.1. The molecule has 1 atom stereocenters. The molecule has 0 saturated heterocycles. The number of benzene rings is 1. The van der Waals surface area contributed by atoms with Crippen LogP contribution in [0.1, 0.15) is 52.9 Å². The quantitative estimate of drug-likeness (QED) is 0.437. The fourth-order valence-corrected chi connectivity index (χ4v) is 3.63. The highest BCUT2D eigenvalue weighted by molar-refractivity contribution is 7.85. The first-order valence-electron chi connectivity index (χ1n) is 7.72. The Morgan fingerprint density at radius 1 is 1.14 bits per heavy atom. The molecule has 0 aliphatic rings. The van der Waals surface area contributed by atoms with Crippen molar-refractivity contribution in [3.8, 4) is 5.75 Å². The molecular formula is C17H27ClO2S. The van der Waals surface area contributed by atoms with E-state index in [2.05, 4.69) is 6.92 Å². The Hall–Kier alpha value is -0.540. The van der Waals surface area contributed by atoms with E-state index in [0.29, 0.717) is 5.88 Å². The SMILES string of the molecule is CCCCCCS(=O)c1ccc(OC(C)(C)CCCl)cc1. The Balaban J connectivity index is 2.51. The minimum Gasteiger partial charge on any atom is -0.488 e.